The van der Waals surface area contributed by atoms with Crippen LogP contribution in [-0.4, -0.2) is 12.2 Å². The van der Waals surface area contributed by atoms with Crippen molar-refractivity contribution >= 4 is 159 Å². The maximum Gasteiger partial charge on any atom is 0.136 e. The molecule has 0 radical (unpaired) electrons. The molecule has 0 aliphatic heterocycles. The summed E-state index contributed by atoms with van der Waals surface area (Å²) in [5.41, 5.74) is 1.86. The molecule has 0 bridgehead atoms. The van der Waals surface area contributed by atoms with Gasteiger partial charge in [-0.1, -0.05) is 88.0 Å². The number of hydrogen-bond acceptors (Lipinski definition) is 1. The van der Waals surface area contributed by atoms with Crippen molar-refractivity contribution in [1.82, 2.24) is 0 Å². The Kier molecular flexibility index (Phi) is 11.8. The zero-order valence-corrected chi connectivity index (χ0v) is 31.1. The molecule has 0 N–H and O–H groups in total. The normalized spacial score (nSPS) is 14.3. The molecule has 31 heavy (non-hydrogen) atoms. The molecular formula is C20H12Br10O. The van der Waals surface area contributed by atoms with Crippen LogP contribution in [0.15, 0.2) is 76.4 Å². The molecule has 2 aromatic carbocycles. The van der Waals surface area contributed by atoms with E-state index in [-0.39, 0.29) is 0 Å². The summed E-state index contributed by atoms with van der Waals surface area (Å²) in [6.45, 7) is 8.00. The monoisotopic (exact) mass is 1060 g/mol. The Morgan fingerprint density at radius 1 is 0.613 bits per heavy atom. The number of ether oxygens (including phenoxy) is 1. The van der Waals surface area contributed by atoms with E-state index in [1.54, 1.807) is 12.2 Å². The molecule has 0 amide bonds. The highest BCUT2D eigenvalue weighted by Crippen LogP contribution is 2.53. The summed E-state index contributed by atoms with van der Waals surface area (Å²) < 4.78 is 10.4. The van der Waals surface area contributed by atoms with Gasteiger partial charge in [-0.3, -0.25) is 0 Å². The van der Waals surface area contributed by atoms with Crippen molar-refractivity contribution in [1.29, 1.82) is 0 Å². The van der Waals surface area contributed by atoms with Gasteiger partial charge in [0.05, 0.1) is 0 Å². The second-order valence-corrected chi connectivity index (χ2v) is 18.2. The molecule has 0 heterocycles. The van der Waals surface area contributed by atoms with Crippen molar-refractivity contribution < 1.29 is 4.74 Å². The molecular weight excluding hydrogens is 1060 g/mol. The van der Waals surface area contributed by atoms with Crippen LogP contribution in [0.25, 0.3) is 0 Å². The first kappa shape index (κ1) is 29.9. The summed E-state index contributed by atoms with van der Waals surface area (Å²) in [5.74, 6) is 0. The van der Waals surface area contributed by atoms with Gasteiger partial charge in [0.15, 0.2) is 0 Å². The van der Waals surface area contributed by atoms with Crippen LogP contribution in [0.2, 0.25) is 0 Å². The minimum atomic E-state index is -0.765. The average molecular weight is 1070 g/mol. The fraction of sp³-hybridized carbons (Fsp3) is 0.200. The van der Waals surface area contributed by atoms with Gasteiger partial charge in [-0.15, -0.1) is 13.2 Å². The molecule has 2 unspecified atom stereocenters. The van der Waals surface area contributed by atoms with Gasteiger partial charge in [0.1, 0.15) is 18.7 Å². The van der Waals surface area contributed by atoms with Crippen molar-refractivity contribution in [3.63, 3.8) is 0 Å². The van der Waals surface area contributed by atoms with E-state index in [0.29, 0.717) is 0 Å². The van der Waals surface area contributed by atoms with Gasteiger partial charge in [-0.05, 0) is 119 Å². The molecule has 168 valence electrons. The lowest BCUT2D eigenvalue weighted by Crippen LogP contribution is -2.38. The fourth-order valence-corrected chi connectivity index (χ4v) is 9.38. The largest absolute Gasteiger partial charge is 0.361 e. The second-order valence-electron chi connectivity index (χ2n) is 6.14. The smallest absolute Gasteiger partial charge is 0.136 e. The molecule has 2 rings (SSSR count). The van der Waals surface area contributed by atoms with Crippen LogP contribution in [0, 0.1) is 0 Å². The Morgan fingerprint density at radius 2 is 0.935 bits per heavy atom. The SMILES string of the molecule is C=CC(OC(C=C)C(Br)(Br)c1ccc(Br)c(Br)c1Br)C(Br)(Br)c1ccc(Br)c(Br)c1Br. The highest BCUT2D eigenvalue weighted by atomic mass is 79.9. The van der Waals surface area contributed by atoms with Crippen LogP contribution < -0.4 is 0 Å². The van der Waals surface area contributed by atoms with E-state index < -0.39 is 18.7 Å². The van der Waals surface area contributed by atoms with E-state index in [1.807, 2.05) is 24.3 Å². The first-order valence-corrected chi connectivity index (χ1v) is 16.2. The van der Waals surface area contributed by atoms with Crippen LogP contribution in [0.3, 0.4) is 0 Å². The average Bonchev–Trinajstić information content (AvgIpc) is 2.70. The predicted molar refractivity (Wildman–Crippen MR) is 167 cm³/mol. The van der Waals surface area contributed by atoms with Crippen molar-refractivity contribution in [2.45, 2.75) is 18.7 Å². The van der Waals surface area contributed by atoms with Gasteiger partial charge in [-0.25, -0.2) is 0 Å². The van der Waals surface area contributed by atoms with Crippen LogP contribution >= 0.6 is 159 Å². The summed E-state index contributed by atoms with van der Waals surface area (Å²) >= 11 is 36.8. The van der Waals surface area contributed by atoms with Crippen molar-refractivity contribution in [3.05, 3.63) is 87.5 Å². The van der Waals surface area contributed by atoms with Gasteiger partial charge in [0, 0.05) is 26.8 Å². The van der Waals surface area contributed by atoms with Gasteiger partial charge in [0.2, 0.25) is 0 Å². The zero-order valence-electron chi connectivity index (χ0n) is 15.2. The van der Waals surface area contributed by atoms with E-state index >= 15 is 0 Å². The third kappa shape index (κ3) is 6.52. The van der Waals surface area contributed by atoms with E-state index in [4.69, 9.17) is 4.74 Å². The van der Waals surface area contributed by atoms with Crippen LogP contribution in [0.4, 0.5) is 0 Å². The molecule has 0 aliphatic rings. The van der Waals surface area contributed by atoms with Gasteiger partial charge in [0.25, 0.3) is 0 Å². The minimum absolute atomic E-state index is 0.480. The van der Waals surface area contributed by atoms with Gasteiger partial charge in [-0.2, -0.15) is 0 Å². The van der Waals surface area contributed by atoms with Crippen molar-refractivity contribution in [3.8, 4) is 0 Å². The molecule has 0 aromatic heterocycles. The summed E-state index contributed by atoms with van der Waals surface area (Å²) in [6.07, 6.45) is 2.52. The third-order valence-electron chi connectivity index (χ3n) is 4.22. The van der Waals surface area contributed by atoms with Crippen LogP contribution in [-0.2, 0) is 11.2 Å². The lowest BCUT2D eigenvalue weighted by atomic mass is 10.1. The summed E-state index contributed by atoms with van der Waals surface area (Å²) in [5, 5.41) is 0. The van der Waals surface area contributed by atoms with E-state index in [2.05, 4.69) is 172 Å². The zero-order chi connectivity index (χ0) is 23.7. The standard InChI is InChI=1S/C20H12Br10O/c1-3-13(19(27,28)9-5-7-11(21)17(25)15(9)23)31-14(4-2)20(29,30)10-6-8-12(22)18(26)16(10)24/h3-8,13-14H,1-2H2. The van der Waals surface area contributed by atoms with E-state index in [1.165, 1.54) is 0 Å². The molecule has 1 nitrogen and oxygen atoms in total. The maximum absolute atomic E-state index is 6.52. The molecule has 2 atom stereocenters. The number of halogens is 10. The van der Waals surface area contributed by atoms with Gasteiger partial charge < -0.3 is 4.74 Å². The van der Waals surface area contributed by atoms with E-state index in [9.17, 15) is 0 Å². The topological polar surface area (TPSA) is 9.23 Å². The Hall–Kier alpha value is 2.68. The lowest BCUT2D eigenvalue weighted by molar-refractivity contribution is 0.0320. The van der Waals surface area contributed by atoms with Crippen LogP contribution in [0.5, 0.6) is 0 Å². The third-order valence-corrected chi connectivity index (χ3v) is 14.5. The highest BCUT2D eigenvalue weighted by Gasteiger charge is 2.43. The van der Waals surface area contributed by atoms with Crippen molar-refractivity contribution in [2.75, 3.05) is 0 Å². The first-order valence-electron chi connectivity index (χ1n) is 8.24. The predicted octanol–water partition coefficient (Wildman–Crippen LogP) is 12.0. The molecule has 0 saturated carbocycles. The Morgan fingerprint density at radius 3 is 1.23 bits per heavy atom. The van der Waals surface area contributed by atoms with Gasteiger partial charge >= 0.3 is 0 Å². The Bertz CT molecular complexity index is 922. The minimum Gasteiger partial charge on any atom is -0.361 e. The van der Waals surface area contributed by atoms with Crippen LogP contribution in [0.1, 0.15) is 11.1 Å². The lowest BCUT2D eigenvalue weighted by Gasteiger charge is -2.37. The molecule has 0 aliphatic carbocycles. The number of hydrogen-bond donors (Lipinski definition) is 0. The number of alkyl halides is 4. The summed E-state index contributed by atoms with van der Waals surface area (Å²) in [6, 6.07) is 7.90. The first-order chi connectivity index (χ1) is 14.3. The fourth-order valence-electron chi connectivity index (χ4n) is 2.61. The second kappa shape index (κ2) is 12.3. The highest BCUT2D eigenvalue weighted by molar-refractivity contribution is 9.25. The summed E-state index contributed by atoms with van der Waals surface area (Å²) in [7, 11) is 0. The Labute approximate surface area is 266 Å². The molecule has 0 spiro atoms. The summed E-state index contributed by atoms with van der Waals surface area (Å²) in [4.78, 5) is 0. The van der Waals surface area contributed by atoms with Crippen molar-refractivity contribution in [2.24, 2.45) is 0 Å². The molecule has 11 heteroatoms. The number of rotatable bonds is 8. The molecule has 0 fully saturated rings. The van der Waals surface area contributed by atoms with E-state index in [0.717, 1.165) is 38.0 Å². The Balaban J connectivity index is 2.47. The number of benzene rings is 2. The quantitative estimate of drug-likeness (QED) is 0.145. The molecule has 0 saturated heterocycles. The molecule has 2 aromatic rings. The maximum atomic E-state index is 6.52.